The van der Waals surface area contributed by atoms with Crippen LogP contribution in [0.2, 0.25) is 8.67 Å². The van der Waals surface area contributed by atoms with Crippen molar-refractivity contribution in [2.75, 3.05) is 5.32 Å². The van der Waals surface area contributed by atoms with Crippen molar-refractivity contribution in [3.05, 3.63) is 49.6 Å². The lowest BCUT2D eigenvalue weighted by Gasteiger charge is -2.17. The summed E-state index contributed by atoms with van der Waals surface area (Å²) in [5.41, 5.74) is 8.59. The van der Waals surface area contributed by atoms with E-state index in [0.29, 0.717) is 14.2 Å². The highest BCUT2D eigenvalue weighted by atomic mass is 35.5. The van der Waals surface area contributed by atoms with Gasteiger partial charge in [-0.2, -0.15) is 0 Å². The van der Waals surface area contributed by atoms with Gasteiger partial charge in [0.05, 0.1) is 14.7 Å². The molecule has 1 unspecified atom stereocenters. The molecular weight excluding hydrogens is 315 g/mol. The number of benzene rings is 1. The Bertz CT molecular complexity index is 655. The van der Waals surface area contributed by atoms with E-state index in [9.17, 15) is 4.79 Å². The van der Waals surface area contributed by atoms with E-state index in [0.717, 1.165) is 16.8 Å². The summed E-state index contributed by atoms with van der Waals surface area (Å²) in [5.74, 6) is -0.430. The summed E-state index contributed by atoms with van der Waals surface area (Å²) in [5, 5.41) is 3.36. The van der Waals surface area contributed by atoms with E-state index in [1.165, 1.54) is 11.3 Å². The fourth-order valence-corrected chi connectivity index (χ4v) is 3.58. The van der Waals surface area contributed by atoms with Gasteiger partial charge < -0.3 is 11.1 Å². The van der Waals surface area contributed by atoms with Crippen molar-refractivity contribution in [3.63, 3.8) is 0 Å². The third-order valence-corrected chi connectivity index (χ3v) is 4.55. The second-order valence-electron chi connectivity index (χ2n) is 4.54. The van der Waals surface area contributed by atoms with Crippen molar-refractivity contribution in [2.24, 2.45) is 5.73 Å². The maximum Gasteiger partial charge on any atom is 0.248 e. The molecule has 0 saturated heterocycles. The Labute approximate surface area is 131 Å². The molecule has 1 amide bonds. The topological polar surface area (TPSA) is 55.1 Å². The number of nitrogens with two attached hydrogens (primary N) is 1. The van der Waals surface area contributed by atoms with Crippen LogP contribution in [0.1, 0.15) is 34.5 Å². The first-order valence-corrected chi connectivity index (χ1v) is 7.57. The van der Waals surface area contributed by atoms with E-state index in [4.69, 9.17) is 28.9 Å². The smallest absolute Gasteiger partial charge is 0.248 e. The molecule has 0 aliphatic rings. The van der Waals surface area contributed by atoms with Gasteiger partial charge in [0.25, 0.3) is 0 Å². The fourth-order valence-electron chi connectivity index (χ4n) is 1.94. The van der Waals surface area contributed by atoms with E-state index in [1.54, 1.807) is 12.1 Å². The summed E-state index contributed by atoms with van der Waals surface area (Å²) in [6.45, 7) is 3.93. The van der Waals surface area contributed by atoms with Gasteiger partial charge in [-0.3, -0.25) is 4.79 Å². The highest BCUT2D eigenvalue weighted by Gasteiger charge is 2.14. The summed E-state index contributed by atoms with van der Waals surface area (Å²) in [6.07, 6.45) is 0. The van der Waals surface area contributed by atoms with Crippen molar-refractivity contribution in [2.45, 2.75) is 19.9 Å². The van der Waals surface area contributed by atoms with Gasteiger partial charge in [0.2, 0.25) is 5.91 Å². The number of hydrogen-bond donors (Lipinski definition) is 2. The Morgan fingerprint density at radius 3 is 2.55 bits per heavy atom. The van der Waals surface area contributed by atoms with Crippen LogP contribution in [0.4, 0.5) is 5.69 Å². The maximum absolute atomic E-state index is 11.1. The molecule has 0 radical (unpaired) electrons. The lowest BCUT2D eigenvalue weighted by Crippen LogP contribution is -2.12. The molecule has 3 nitrogen and oxygen atoms in total. The average Bonchev–Trinajstić information content (AvgIpc) is 2.70. The fraction of sp³-hybridized carbons (Fsp3) is 0.214. The summed E-state index contributed by atoms with van der Waals surface area (Å²) in [6, 6.07) is 7.18. The molecule has 0 spiro atoms. The number of aryl methyl sites for hydroxylation is 1. The van der Waals surface area contributed by atoms with Crippen molar-refractivity contribution >= 4 is 46.1 Å². The van der Waals surface area contributed by atoms with Gasteiger partial charge in [-0.15, -0.1) is 11.3 Å². The minimum absolute atomic E-state index is 0.0179. The molecule has 0 aliphatic carbocycles. The SMILES string of the molecule is Cc1cc(C(N)=O)ccc1NC(C)c1cc(Cl)sc1Cl. The maximum atomic E-state index is 11.1. The van der Waals surface area contributed by atoms with Gasteiger partial charge in [-0.25, -0.2) is 0 Å². The molecule has 0 aliphatic heterocycles. The zero-order chi connectivity index (χ0) is 14.9. The molecule has 2 aromatic rings. The van der Waals surface area contributed by atoms with E-state index < -0.39 is 5.91 Å². The molecule has 2 rings (SSSR count). The first kappa shape index (κ1) is 15.2. The monoisotopic (exact) mass is 328 g/mol. The van der Waals surface area contributed by atoms with E-state index >= 15 is 0 Å². The summed E-state index contributed by atoms with van der Waals surface area (Å²) < 4.78 is 1.35. The molecule has 1 heterocycles. The number of halogens is 2. The number of primary amides is 1. The molecule has 20 heavy (non-hydrogen) atoms. The van der Waals surface area contributed by atoms with Crippen molar-refractivity contribution in [3.8, 4) is 0 Å². The van der Waals surface area contributed by atoms with Crippen LogP contribution in [-0.2, 0) is 0 Å². The van der Waals surface area contributed by atoms with Crippen LogP contribution in [0.5, 0.6) is 0 Å². The number of thiophene rings is 1. The highest BCUT2D eigenvalue weighted by molar-refractivity contribution is 7.20. The van der Waals surface area contributed by atoms with E-state index in [-0.39, 0.29) is 6.04 Å². The summed E-state index contributed by atoms with van der Waals surface area (Å²) in [7, 11) is 0. The number of rotatable bonds is 4. The zero-order valence-electron chi connectivity index (χ0n) is 11.0. The summed E-state index contributed by atoms with van der Waals surface area (Å²) in [4.78, 5) is 11.1. The number of amides is 1. The van der Waals surface area contributed by atoms with Gasteiger partial charge in [-0.1, -0.05) is 23.2 Å². The van der Waals surface area contributed by atoms with Crippen LogP contribution in [-0.4, -0.2) is 5.91 Å². The molecule has 0 saturated carbocycles. The number of carbonyl (C=O) groups excluding carboxylic acids is 1. The zero-order valence-corrected chi connectivity index (χ0v) is 13.4. The second kappa shape index (κ2) is 6.04. The lowest BCUT2D eigenvalue weighted by molar-refractivity contribution is 0.1000. The lowest BCUT2D eigenvalue weighted by atomic mass is 10.1. The normalized spacial score (nSPS) is 12.2. The van der Waals surface area contributed by atoms with Crippen LogP contribution >= 0.6 is 34.5 Å². The van der Waals surface area contributed by atoms with Crippen LogP contribution < -0.4 is 11.1 Å². The predicted octanol–water partition coefficient (Wildman–Crippen LogP) is 4.64. The minimum Gasteiger partial charge on any atom is -0.378 e. The molecule has 0 bridgehead atoms. The Morgan fingerprint density at radius 2 is 2.05 bits per heavy atom. The first-order chi connectivity index (χ1) is 9.38. The van der Waals surface area contributed by atoms with Crippen molar-refractivity contribution in [1.29, 1.82) is 0 Å². The van der Waals surface area contributed by atoms with Crippen molar-refractivity contribution in [1.82, 2.24) is 0 Å². The molecule has 1 aromatic carbocycles. The van der Waals surface area contributed by atoms with Crippen LogP contribution in [0.25, 0.3) is 0 Å². The quantitative estimate of drug-likeness (QED) is 0.859. The summed E-state index contributed by atoms with van der Waals surface area (Å²) >= 11 is 13.4. The highest BCUT2D eigenvalue weighted by Crippen LogP contribution is 2.36. The van der Waals surface area contributed by atoms with E-state index in [1.807, 2.05) is 26.0 Å². The van der Waals surface area contributed by atoms with Gasteiger partial charge in [0.1, 0.15) is 0 Å². The predicted molar refractivity (Wildman–Crippen MR) is 86.1 cm³/mol. The van der Waals surface area contributed by atoms with Crippen LogP contribution in [0.3, 0.4) is 0 Å². The van der Waals surface area contributed by atoms with E-state index in [2.05, 4.69) is 5.32 Å². The van der Waals surface area contributed by atoms with Gasteiger partial charge in [-0.05, 0) is 43.7 Å². The largest absolute Gasteiger partial charge is 0.378 e. The molecule has 6 heteroatoms. The first-order valence-electron chi connectivity index (χ1n) is 6.00. The Balaban J connectivity index is 2.22. The second-order valence-corrected chi connectivity index (χ2v) is 6.83. The Hall–Kier alpha value is -1.23. The minimum atomic E-state index is -0.430. The number of carbonyl (C=O) groups is 1. The number of anilines is 1. The van der Waals surface area contributed by atoms with Crippen LogP contribution in [0, 0.1) is 6.92 Å². The molecule has 0 fully saturated rings. The van der Waals surface area contributed by atoms with Gasteiger partial charge >= 0.3 is 0 Å². The third-order valence-electron chi connectivity index (χ3n) is 3.03. The molecule has 1 aromatic heterocycles. The van der Waals surface area contributed by atoms with Crippen molar-refractivity contribution < 1.29 is 4.79 Å². The van der Waals surface area contributed by atoms with Crippen LogP contribution in [0.15, 0.2) is 24.3 Å². The molecule has 3 N–H and O–H groups in total. The standard InChI is InChI=1S/C14H14Cl2N2OS/c1-7-5-9(14(17)19)3-4-11(7)18-8(2)10-6-12(15)20-13(10)16/h3-6,8,18H,1-2H3,(H2,17,19). The molecule has 1 atom stereocenters. The number of nitrogens with one attached hydrogen (secondary N) is 1. The molecular formula is C14H14Cl2N2OS. The van der Waals surface area contributed by atoms with Gasteiger partial charge in [0.15, 0.2) is 0 Å². The Morgan fingerprint density at radius 1 is 1.35 bits per heavy atom. The average molecular weight is 329 g/mol. The molecule has 106 valence electrons. The number of hydrogen-bond acceptors (Lipinski definition) is 3. The third kappa shape index (κ3) is 3.26. The Kier molecular flexibility index (Phi) is 4.58. The van der Waals surface area contributed by atoms with Gasteiger partial charge in [0, 0.05) is 16.8 Å².